The van der Waals surface area contributed by atoms with Gasteiger partial charge in [-0.1, -0.05) is 48.5 Å². The lowest BCUT2D eigenvalue weighted by Crippen LogP contribution is -2.35. The standard InChI is InChI=1S/C18H16N6.4C8H5IO4.2H2O/c1-5-17(6-2-15(1)9-23-13-19-11-21-23)18-7-3-16(4-8-18)10-24-14-20-12-22-24;4*9-6-2-4(7(10)11)1-5(3-6)8(12)13;;/h1-8,11-14H,9-10H2;4*1-3H,(H,10,11)(H,12,13);2*1H2. The SMILES string of the molecule is O.O.O=C(O)c1cc(I)cc(C(=O)O)c1.O=C(O)c1cc(I)cc(C(=O)O)c1.O=C([O-])c1cc(I)cc(C(=O)O)c1.O=C([O-])c1cc(I)cc(C(=O)O)c1.c1nc[n+](Cc2ccc(-c3ccc(C[n+]4cnc[nH]4)cc3)cc2)[nH]1. The number of rotatable bonds is 13. The molecular formula is C50H40I4N6O18. The van der Waals surface area contributed by atoms with Crippen molar-refractivity contribution in [2.24, 2.45) is 0 Å². The highest BCUT2D eigenvalue weighted by Crippen LogP contribution is 2.21. The summed E-state index contributed by atoms with van der Waals surface area (Å²) in [6.45, 7) is 1.58. The second-order valence-corrected chi connectivity index (χ2v) is 20.0. The van der Waals surface area contributed by atoms with E-state index < -0.39 is 47.8 Å². The fourth-order valence-corrected chi connectivity index (χ4v) is 8.70. The molecule has 0 saturated heterocycles. The molecule has 406 valence electrons. The van der Waals surface area contributed by atoms with E-state index in [0.29, 0.717) is 14.3 Å². The van der Waals surface area contributed by atoms with Gasteiger partial charge < -0.3 is 61.4 Å². The van der Waals surface area contributed by atoms with E-state index in [-0.39, 0.29) is 55.5 Å². The Morgan fingerprint density at radius 1 is 0.385 bits per heavy atom. The van der Waals surface area contributed by atoms with E-state index in [0.717, 1.165) is 37.4 Å². The highest BCUT2D eigenvalue weighted by Gasteiger charge is 2.12. The number of hydrogen-bond donors (Lipinski definition) is 8. The van der Waals surface area contributed by atoms with Crippen molar-refractivity contribution in [2.45, 2.75) is 13.1 Å². The lowest BCUT2D eigenvalue weighted by Gasteiger charge is -2.05. The van der Waals surface area contributed by atoms with Crippen molar-refractivity contribution in [3.63, 3.8) is 0 Å². The van der Waals surface area contributed by atoms with Crippen molar-refractivity contribution in [2.75, 3.05) is 0 Å². The summed E-state index contributed by atoms with van der Waals surface area (Å²) in [5, 5.41) is 78.6. The molecule has 28 heteroatoms. The Bertz CT molecular complexity index is 2900. The lowest BCUT2D eigenvalue weighted by molar-refractivity contribution is -0.743. The van der Waals surface area contributed by atoms with Gasteiger partial charge in [0.2, 0.25) is 12.7 Å². The number of carbonyl (C=O) groups excluding carboxylic acids is 2. The average Bonchev–Trinajstić information content (AvgIpc) is 4.09. The molecule has 0 spiro atoms. The highest BCUT2D eigenvalue weighted by molar-refractivity contribution is 14.1. The molecule has 0 bridgehead atoms. The lowest BCUT2D eigenvalue weighted by atomic mass is 10.0. The largest absolute Gasteiger partial charge is 0.545 e. The van der Waals surface area contributed by atoms with Crippen molar-refractivity contribution in [3.05, 3.63) is 217 Å². The fourth-order valence-electron chi connectivity index (χ4n) is 6.02. The third-order valence-electron chi connectivity index (χ3n) is 9.50. The first-order valence-electron chi connectivity index (χ1n) is 20.9. The summed E-state index contributed by atoms with van der Waals surface area (Å²) < 4.78 is 6.17. The van der Waals surface area contributed by atoms with E-state index in [4.69, 9.17) is 30.6 Å². The summed E-state index contributed by atoms with van der Waals surface area (Å²) in [5.74, 6) is -9.55. The van der Waals surface area contributed by atoms with Gasteiger partial charge in [-0.2, -0.15) is 19.6 Å². The van der Waals surface area contributed by atoms with E-state index in [2.05, 4.69) is 68.7 Å². The molecule has 12 N–H and O–H groups in total. The molecule has 8 aromatic rings. The number of H-pyrrole nitrogens is 2. The zero-order chi connectivity index (χ0) is 56.2. The molecule has 24 nitrogen and oxygen atoms in total. The van der Waals surface area contributed by atoms with Gasteiger partial charge in [0.1, 0.15) is 13.1 Å². The predicted molar refractivity (Wildman–Crippen MR) is 302 cm³/mol. The molecule has 2 heterocycles. The Kier molecular flexibility index (Phi) is 27.3. The fraction of sp³-hybridized carbons (Fsp3) is 0.0400. The zero-order valence-electron chi connectivity index (χ0n) is 39.3. The summed E-state index contributed by atoms with van der Waals surface area (Å²) in [6, 6.07) is 32.7. The van der Waals surface area contributed by atoms with E-state index in [1.807, 2.05) is 99.7 Å². The molecule has 0 radical (unpaired) electrons. The van der Waals surface area contributed by atoms with Crippen LogP contribution >= 0.6 is 90.4 Å². The van der Waals surface area contributed by atoms with Crippen LogP contribution in [-0.4, -0.2) is 110 Å². The van der Waals surface area contributed by atoms with E-state index in [1.165, 1.54) is 70.8 Å². The molecule has 0 unspecified atom stereocenters. The molecule has 6 aromatic carbocycles. The van der Waals surface area contributed by atoms with Crippen molar-refractivity contribution < 1.29 is 99.5 Å². The monoisotopic (exact) mass is 1520 g/mol. The van der Waals surface area contributed by atoms with Crippen LogP contribution in [0.2, 0.25) is 0 Å². The Labute approximate surface area is 494 Å². The van der Waals surface area contributed by atoms with Gasteiger partial charge in [-0.15, -0.1) is 0 Å². The number of nitrogens with one attached hydrogen (secondary N) is 2. The number of hydrogen-bond acceptors (Lipinski definition) is 12. The summed E-state index contributed by atoms with van der Waals surface area (Å²) in [5.41, 5.74) is 4.52. The minimum absolute atomic E-state index is 0. The normalized spacial score (nSPS) is 9.74. The number of carbonyl (C=O) groups is 8. The maximum Gasteiger partial charge on any atom is 0.335 e. The van der Waals surface area contributed by atoms with Crippen LogP contribution < -0.4 is 19.6 Å². The molecule has 0 fully saturated rings. The van der Waals surface area contributed by atoms with Gasteiger partial charge in [0.25, 0.3) is 0 Å². The number of aromatic amines is 2. The average molecular weight is 1520 g/mol. The number of aromatic nitrogens is 6. The topological polar surface area (TPSA) is 432 Å². The van der Waals surface area contributed by atoms with Gasteiger partial charge in [0.05, 0.1) is 45.3 Å². The predicted octanol–water partition coefficient (Wildman–Crippen LogP) is 3.90. The van der Waals surface area contributed by atoms with E-state index in [9.17, 15) is 48.6 Å². The number of halogens is 4. The molecule has 0 aliphatic rings. The van der Waals surface area contributed by atoms with Crippen LogP contribution in [-0.2, 0) is 13.1 Å². The first-order valence-corrected chi connectivity index (χ1v) is 25.2. The number of benzene rings is 6. The molecule has 0 atom stereocenters. The van der Waals surface area contributed by atoms with Crippen LogP contribution in [0.5, 0.6) is 0 Å². The molecule has 0 aliphatic heterocycles. The van der Waals surface area contributed by atoms with Gasteiger partial charge >= 0.3 is 48.5 Å². The van der Waals surface area contributed by atoms with Crippen LogP contribution in [0, 0.1) is 14.3 Å². The number of carboxylic acid groups (broad SMARTS) is 8. The first-order chi connectivity index (χ1) is 35.9. The van der Waals surface area contributed by atoms with Crippen molar-refractivity contribution in [1.29, 1.82) is 0 Å². The smallest absolute Gasteiger partial charge is 0.335 e. The maximum absolute atomic E-state index is 10.5. The molecule has 0 aliphatic carbocycles. The second kappa shape index (κ2) is 32.1. The number of nitrogens with zero attached hydrogens (tertiary/aromatic N) is 4. The Hall–Kier alpha value is -7.80. The van der Waals surface area contributed by atoms with Gasteiger partial charge in [0.15, 0.2) is 0 Å². The van der Waals surface area contributed by atoms with Crippen molar-refractivity contribution >= 4 is 138 Å². The van der Waals surface area contributed by atoms with E-state index >= 15 is 0 Å². The Morgan fingerprint density at radius 2 is 0.603 bits per heavy atom. The molecule has 8 rings (SSSR count). The maximum atomic E-state index is 10.5. The van der Waals surface area contributed by atoms with Crippen LogP contribution in [0.25, 0.3) is 11.1 Å². The van der Waals surface area contributed by atoms with Crippen LogP contribution in [0.4, 0.5) is 0 Å². The molecule has 78 heavy (non-hydrogen) atoms. The van der Waals surface area contributed by atoms with Crippen LogP contribution in [0.1, 0.15) is 94.0 Å². The summed E-state index contributed by atoms with van der Waals surface area (Å²) in [4.78, 5) is 92.0. The molecular weight excluding hydrogens is 1480 g/mol. The third-order valence-corrected chi connectivity index (χ3v) is 12.0. The van der Waals surface area contributed by atoms with Gasteiger partial charge in [-0.25, -0.2) is 28.8 Å². The molecule has 2 aromatic heterocycles. The zero-order valence-corrected chi connectivity index (χ0v) is 48.0. The van der Waals surface area contributed by atoms with Crippen LogP contribution in [0.15, 0.2) is 147 Å². The highest BCUT2D eigenvalue weighted by atomic mass is 127. The summed E-state index contributed by atoms with van der Waals surface area (Å²) in [6.07, 6.45) is 6.92. The number of aromatic carboxylic acids is 8. The molecule has 0 saturated carbocycles. The summed E-state index contributed by atoms with van der Waals surface area (Å²) >= 11 is 7.43. The van der Waals surface area contributed by atoms with E-state index in [1.54, 1.807) is 25.3 Å². The van der Waals surface area contributed by atoms with Crippen LogP contribution in [0.3, 0.4) is 0 Å². The van der Waals surface area contributed by atoms with Gasteiger partial charge in [-0.05, 0) is 207 Å². The van der Waals surface area contributed by atoms with Gasteiger partial charge in [0, 0.05) is 14.3 Å². The molecule has 0 amide bonds. The minimum Gasteiger partial charge on any atom is -0.545 e. The number of carboxylic acids is 8. The Balaban J connectivity index is 0.000000342. The van der Waals surface area contributed by atoms with Gasteiger partial charge in [-0.3, -0.25) is 0 Å². The van der Waals surface area contributed by atoms with Crippen molar-refractivity contribution in [3.8, 4) is 11.1 Å². The van der Waals surface area contributed by atoms with Crippen molar-refractivity contribution in [1.82, 2.24) is 20.2 Å². The third kappa shape index (κ3) is 22.0. The minimum atomic E-state index is -1.37. The second-order valence-electron chi connectivity index (χ2n) is 15.0. The Morgan fingerprint density at radius 3 is 0.795 bits per heavy atom. The first kappa shape index (κ1) is 66.3. The quantitative estimate of drug-likeness (QED) is 0.0599. The summed E-state index contributed by atoms with van der Waals surface area (Å²) in [7, 11) is 0.